The second kappa shape index (κ2) is 15.5. The standard InChI is InChI=1S/C39H42O5/c1-3-5-9-29-12-16-32-17-18-33-25-31(24-28-10-7-6-8-11-28)15-21-35(33)38(36(32)26-29)44-23-22-43-34-19-13-30(14-20-34)27-37(39(40)41)42-4-2/h6-8,10-21,25-26,37-38H,3-5,9,22-24,27H2,1-2H3,(H,40,41). The van der Waals surface area contributed by atoms with Crippen LogP contribution >= 0.6 is 0 Å². The number of carboxylic acids is 1. The zero-order valence-electron chi connectivity index (χ0n) is 25.7. The molecule has 1 N–H and O–H groups in total. The molecule has 44 heavy (non-hydrogen) atoms. The lowest BCUT2D eigenvalue weighted by Gasteiger charge is -2.22. The van der Waals surface area contributed by atoms with Gasteiger partial charge in [-0.15, -0.1) is 0 Å². The third-order valence-electron chi connectivity index (χ3n) is 8.00. The number of carbonyl (C=O) groups is 1. The number of hydrogen-bond donors (Lipinski definition) is 1. The highest BCUT2D eigenvalue weighted by molar-refractivity contribution is 5.77. The van der Waals surface area contributed by atoms with E-state index in [4.69, 9.17) is 14.2 Å². The van der Waals surface area contributed by atoms with Crippen LogP contribution in [0.15, 0.2) is 91.0 Å². The molecule has 5 nitrogen and oxygen atoms in total. The van der Waals surface area contributed by atoms with Crippen molar-refractivity contribution in [3.8, 4) is 5.75 Å². The molecule has 0 heterocycles. The minimum Gasteiger partial charge on any atom is -0.491 e. The number of hydrogen-bond acceptors (Lipinski definition) is 4. The van der Waals surface area contributed by atoms with Gasteiger partial charge in [0, 0.05) is 13.0 Å². The number of ether oxygens (including phenoxy) is 3. The number of benzene rings is 4. The maximum Gasteiger partial charge on any atom is 0.333 e. The van der Waals surface area contributed by atoms with E-state index in [2.05, 4.69) is 85.8 Å². The molecular formula is C39H42O5. The molecule has 0 aliphatic heterocycles. The van der Waals surface area contributed by atoms with Gasteiger partial charge in [0.1, 0.15) is 18.5 Å². The fraction of sp³-hybridized carbons (Fsp3) is 0.308. The van der Waals surface area contributed by atoms with Crippen LogP contribution in [0.1, 0.15) is 77.3 Å². The molecule has 228 valence electrons. The molecule has 0 spiro atoms. The fourth-order valence-electron chi connectivity index (χ4n) is 5.69. The van der Waals surface area contributed by atoms with Crippen LogP contribution in [0.4, 0.5) is 0 Å². The lowest BCUT2D eigenvalue weighted by molar-refractivity contribution is -0.149. The van der Waals surface area contributed by atoms with E-state index in [1.807, 2.05) is 24.3 Å². The first-order chi connectivity index (χ1) is 21.5. The average molecular weight is 591 g/mol. The number of fused-ring (bicyclic) bond motifs is 2. The molecule has 0 aromatic heterocycles. The second-order valence-electron chi connectivity index (χ2n) is 11.3. The summed E-state index contributed by atoms with van der Waals surface area (Å²) in [5, 5.41) is 9.37. The van der Waals surface area contributed by atoms with Crippen molar-refractivity contribution in [2.24, 2.45) is 0 Å². The molecular weight excluding hydrogens is 548 g/mol. The summed E-state index contributed by atoms with van der Waals surface area (Å²) >= 11 is 0. The van der Waals surface area contributed by atoms with Gasteiger partial charge >= 0.3 is 5.97 Å². The Morgan fingerprint density at radius 2 is 1.52 bits per heavy atom. The van der Waals surface area contributed by atoms with E-state index in [9.17, 15) is 9.90 Å². The molecule has 1 aliphatic rings. The fourth-order valence-corrected chi connectivity index (χ4v) is 5.69. The average Bonchev–Trinajstić information content (AvgIpc) is 3.19. The van der Waals surface area contributed by atoms with Crippen molar-refractivity contribution in [3.63, 3.8) is 0 Å². The van der Waals surface area contributed by atoms with Crippen LogP contribution in [0.5, 0.6) is 5.75 Å². The Morgan fingerprint density at radius 3 is 2.27 bits per heavy atom. The van der Waals surface area contributed by atoms with Gasteiger partial charge in [0.15, 0.2) is 6.10 Å². The van der Waals surface area contributed by atoms with Crippen molar-refractivity contribution >= 4 is 18.1 Å². The summed E-state index contributed by atoms with van der Waals surface area (Å²) in [6.45, 7) is 5.20. The number of unbranched alkanes of at least 4 members (excludes halogenated alkanes) is 1. The highest BCUT2D eigenvalue weighted by Gasteiger charge is 2.23. The molecule has 0 saturated heterocycles. The molecule has 1 aliphatic carbocycles. The van der Waals surface area contributed by atoms with Gasteiger partial charge in [-0.05, 0) is 82.8 Å². The van der Waals surface area contributed by atoms with Gasteiger partial charge in [-0.3, -0.25) is 0 Å². The normalized spacial score (nSPS) is 14.4. The lowest BCUT2D eigenvalue weighted by Crippen LogP contribution is -2.26. The molecule has 5 heteroatoms. The van der Waals surface area contributed by atoms with E-state index >= 15 is 0 Å². The van der Waals surface area contributed by atoms with Gasteiger partial charge in [-0.1, -0.05) is 104 Å². The van der Waals surface area contributed by atoms with Crippen LogP contribution in [-0.4, -0.2) is 37.0 Å². The highest BCUT2D eigenvalue weighted by atomic mass is 16.5. The summed E-state index contributed by atoms with van der Waals surface area (Å²) in [6, 6.07) is 31.6. The monoisotopic (exact) mass is 590 g/mol. The Kier molecular flexibility index (Phi) is 11.0. The molecule has 2 unspecified atom stereocenters. The Morgan fingerprint density at radius 1 is 0.773 bits per heavy atom. The lowest BCUT2D eigenvalue weighted by atomic mass is 9.92. The Balaban J connectivity index is 1.30. The van der Waals surface area contributed by atoms with Crippen LogP contribution < -0.4 is 4.74 Å². The van der Waals surface area contributed by atoms with Crippen LogP contribution in [0.25, 0.3) is 12.2 Å². The molecule has 0 saturated carbocycles. The van der Waals surface area contributed by atoms with Crippen LogP contribution in [0.3, 0.4) is 0 Å². The van der Waals surface area contributed by atoms with Crippen molar-refractivity contribution in [1.82, 2.24) is 0 Å². The predicted octanol–water partition coefficient (Wildman–Crippen LogP) is 8.32. The third kappa shape index (κ3) is 8.25. The van der Waals surface area contributed by atoms with Crippen LogP contribution in [0.2, 0.25) is 0 Å². The first-order valence-electron chi connectivity index (χ1n) is 15.7. The molecule has 4 aromatic carbocycles. The first kappa shape index (κ1) is 31.2. The molecule has 0 amide bonds. The summed E-state index contributed by atoms with van der Waals surface area (Å²) in [5.41, 5.74) is 9.50. The van der Waals surface area contributed by atoms with Crippen LogP contribution in [-0.2, 0) is 33.5 Å². The number of rotatable bonds is 15. The van der Waals surface area contributed by atoms with E-state index in [-0.39, 0.29) is 6.10 Å². The maximum atomic E-state index is 11.4. The summed E-state index contributed by atoms with van der Waals surface area (Å²) in [5.74, 6) is -0.234. The Bertz CT molecular complexity index is 1540. The number of carboxylic acid groups (broad SMARTS) is 1. The van der Waals surface area contributed by atoms with E-state index in [0.29, 0.717) is 26.2 Å². The quantitative estimate of drug-likeness (QED) is 0.141. The van der Waals surface area contributed by atoms with E-state index in [1.54, 1.807) is 6.92 Å². The smallest absolute Gasteiger partial charge is 0.333 e. The maximum absolute atomic E-state index is 11.4. The van der Waals surface area contributed by atoms with Crippen molar-refractivity contribution in [1.29, 1.82) is 0 Å². The molecule has 0 bridgehead atoms. The third-order valence-corrected chi connectivity index (χ3v) is 8.00. The van der Waals surface area contributed by atoms with Gasteiger partial charge < -0.3 is 19.3 Å². The minimum absolute atomic E-state index is 0.208. The van der Waals surface area contributed by atoms with Crippen LogP contribution in [0, 0.1) is 0 Å². The van der Waals surface area contributed by atoms with Gasteiger partial charge in [-0.2, -0.15) is 0 Å². The second-order valence-corrected chi connectivity index (χ2v) is 11.3. The Hall–Kier alpha value is -4.19. The molecule has 0 fully saturated rings. The molecule has 0 radical (unpaired) electrons. The molecule has 5 rings (SSSR count). The largest absolute Gasteiger partial charge is 0.491 e. The topological polar surface area (TPSA) is 65.0 Å². The summed E-state index contributed by atoms with van der Waals surface area (Å²) in [7, 11) is 0. The summed E-state index contributed by atoms with van der Waals surface area (Å²) < 4.78 is 18.0. The zero-order valence-corrected chi connectivity index (χ0v) is 25.7. The van der Waals surface area contributed by atoms with E-state index in [1.165, 1.54) is 33.4 Å². The highest BCUT2D eigenvalue weighted by Crippen LogP contribution is 2.37. The van der Waals surface area contributed by atoms with Gasteiger partial charge in [0.05, 0.1) is 6.61 Å². The molecule has 2 atom stereocenters. The van der Waals surface area contributed by atoms with Gasteiger partial charge in [0.2, 0.25) is 0 Å². The number of aliphatic carboxylic acids is 1. The van der Waals surface area contributed by atoms with Crippen molar-refractivity contribution in [3.05, 3.63) is 136 Å². The summed E-state index contributed by atoms with van der Waals surface area (Å²) in [4.78, 5) is 11.4. The SMILES string of the molecule is CCCCc1ccc2c(c1)C(OCCOc1ccc(CC(OCC)C(=O)O)cc1)c1ccc(Cc3ccccc3)cc1C=C2. The minimum atomic E-state index is -0.953. The first-order valence-corrected chi connectivity index (χ1v) is 15.7. The van der Waals surface area contributed by atoms with Crippen molar-refractivity contribution in [2.75, 3.05) is 19.8 Å². The molecule has 4 aromatic rings. The number of aryl methyl sites for hydroxylation is 1. The van der Waals surface area contributed by atoms with Gasteiger partial charge in [-0.25, -0.2) is 4.79 Å². The Labute approximate surface area is 261 Å². The summed E-state index contributed by atoms with van der Waals surface area (Å²) in [6.07, 6.45) is 7.95. The van der Waals surface area contributed by atoms with Crippen molar-refractivity contribution < 1.29 is 24.1 Å². The van der Waals surface area contributed by atoms with Gasteiger partial charge in [0.25, 0.3) is 0 Å². The van der Waals surface area contributed by atoms with E-state index in [0.717, 1.165) is 42.6 Å². The predicted molar refractivity (Wildman–Crippen MR) is 176 cm³/mol. The zero-order chi connectivity index (χ0) is 30.7. The van der Waals surface area contributed by atoms with Crippen molar-refractivity contribution in [2.45, 2.75) is 58.2 Å². The van der Waals surface area contributed by atoms with E-state index < -0.39 is 12.1 Å².